The van der Waals surface area contributed by atoms with E-state index in [0.29, 0.717) is 5.82 Å². The largest absolute Gasteiger partial charge is 0.382 e. The number of aryl methyl sites for hydroxylation is 2. The summed E-state index contributed by atoms with van der Waals surface area (Å²) >= 11 is 0. The second-order valence-corrected chi connectivity index (χ2v) is 4.79. The van der Waals surface area contributed by atoms with Gasteiger partial charge in [-0.1, -0.05) is 6.92 Å². The van der Waals surface area contributed by atoms with Crippen LogP contribution in [0.3, 0.4) is 0 Å². The van der Waals surface area contributed by atoms with Crippen LogP contribution in [0.2, 0.25) is 0 Å². The molecule has 6 nitrogen and oxygen atoms in total. The average Bonchev–Trinajstić information content (AvgIpc) is 2.89. The molecule has 0 aliphatic carbocycles. The molecule has 0 aromatic carbocycles. The van der Waals surface area contributed by atoms with Gasteiger partial charge in [0.05, 0.1) is 22.6 Å². The average molecular weight is 280 g/mol. The minimum atomic E-state index is 0.465. The van der Waals surface area contributed by atoms with Crippen LogP contribution in [0.4, 0.5) is 5.82 Å². The molecular weight excluding hydrogens is 264 g/mol. The molecule has 106 valence electrons. The first-order chi connectivity index (χ1) is 10.2. The van der Waals surface area contributed by atoms with Crippen molar-refractivity contribution in [1.29, 1.82) is 0 Å². The van der Waals surface area contributed by atoms with Gasteiger partial charge in [-0.05, 0) is 37.1 Å². The number of nitrogens with zero attached hydrogens (tertiary/aromatic N) is 4. The van der Waals surface area contributed by atoms with E-state index in [-0.39, 0.29) is 0 Å². The number of aromatic amines is 1. The predicted octanol–water partition coefficient (Wildman–Crippen LogP) is 2.38. The lowest BCUT2D eigenvalue weighted by Crippen LogP contribution is -1.98. The van der Waals surface area contributed by atoms with E-state index in [1.54, 1.807) is 12.4 Å². The number of rotatable bonds is 3. The summed E-state index contributed by atoms with van der Waals surface area (Å²) in [5, 5.41) is 15.6. The predicted molar refractivity (Wildman–Crippen MR) is 81.4 cm³/mol. The Bertz CT molecular complexity index is 763. The maximum absolute atomic E-state index is 6.04. The molecule has 21 heavy (non-hydrogen) atoms. The fourth-order valence-electron chi connectivity index (χ4n) is 2.35. The lowest BCUT2D eigenvalue weighted by molar-refractivity contribution is 0.893. The van der Waals surface area contributed by atoms with Gasteiger partial charge in [0.25, 0.3) is 0 Å². The van der Waals surface area contributed by atoms with Crippen LogP contribution in [0.15, 0.2) is 30.6 Å². The number of hydrogen-bond donors (Lipinski definition) is 2. The van der Waals surface area contributed by atoms with E-state index >= 15 is 0 Å². The van der Waals surface area contributed by atoms with Gasteiger partial charge in [0, 0.05) is 18.0 Å². The number of nitrogens with one attached hydrogen (secondary N) is 1. The molecule has 3 rings (SSSR count). The summed E-state index contributed by atoms with van der Waals surface area (Å²) in [6, 6.07) is 5.83. The highest BCUT2D eigenvalue weighted by molar-refractivity contribution is 5.88. The first-order valence-electron chi connectivity index (χ1n) is 6.78. The molecular formula is C15H16N6. The summed E-state index contributed by atoms with van der Waals surface area (Å²) in [7, 11) is 0. The molecule has 0 aliphatic heterocycles. The molecule has 0 saturated carbocycles. The van der Waals surface area contributed by atoms with Crippen molar-refractivity contribution in [2.24, 2.45) is 0 Å². The van der Waals surface area contributed by atoms with E-state index in [1.165, 1.54) is 0 Å². The number of nitrogens with two attached hydrogens (primary N) is 1. The Morgan fingerprint density at radius 3 is 2.67 bits per heavy atom. The number of pyridine rings is 1. The van der Waals surface area contributed by atoms with Crippen molar-refractivity contribution in [3.05, 3.63) is 42.0 Å². The van der Waals surface area contributed by atoms with Crippen molar-refractivity contribution in [1.82, 2.24) is 25.4 Å². The summed E-state index contributed by atoms with van der Waals surface area (Å²) in [5.74, 6) is 0.465. The Labute approximate surface area is 122 Å². The zero-order valence-corrected chi connectivity index (χ0v) is 12.0. The highest BCUT2D eigenvalue weighted by Crippen LogP contribution is 2.35. The van der Waals surface area contributed by atoms with E-state index in [1.807, 2.05) is 25.1 Å². The van der Waals surface area contributed by atoms with Gasteiger partial charge in [0.1, 0.15) is 0 Å². The summed E-state index contributed by atoms with van der Waals surface area (Å²) in [6.07, 6.45) is 4.27. The number of hydrogen-bond acceptors (Lipinski definition) is 5. The Morgan fingerprint density at radius 2 is 1.95 bits per heavy atom. The van der Waals surface area contributed by atoms with E-state index < -0.39 is 0 Å². The lowest BCUT2D eigenvalue weighted by atomic mass is 10.00. The maximum Gasteiger partial charge on any atom is 0.153 e. The van der Waals surface area contributed by atoms with Crippen LogP contribution >= 0.6 is 0 Å². The van der Waals surface area contributed by atoms with Gasteiger partial charge in [0.15, 0.2) is 5.82 Å². The van der Waals surface area contributed by atoms with Gasteiger partial charge >= 0.3 is 0 Å². The Kier molecular flexibility index (Phi) is 3.35. The molecule has 0 amide bonds. The van der Waals surface area contributed by atoms with Gasteiger partial charge in [0.2, 0.25) is 0 Å². The van der Waals surface area contributed by atoms with Crippen LogP contribution < -0.4 is 5.73 Å². The summed E-state index contributed by atoms with van der Waals surface area (Å²) < 4.78 is 0. The van der Waals surface area contributed by atoms with Crippen molar-refractivity contribution >= 4 is 5.82 Å². The van der Waals surface area contributed by atoms with E-state index in [4.69, 9.17) is 5.73 Å². The number of anilines is 1. The van der Waals surface area contributed by atoms with Crippen LogP contribution in [0.1, 0.15) is 18.3 Å². The van der Waals surface area contributed by atoms with E-state index in [2.05, 4.69) is 32.3 Å². The first kappa shape index (κ1) is 13.2. The summed E-state index contributed by atoms with van der Waals surface area (Å²) in [5.41, 5.74) is 11.5. The molecule has 3 N–H and O–H groups in total. The first-order valence-corrected chi connectivity index (χ1v) is 6.78. The van der Waals surface area contributed by atoms with Crippen molar-refractivity contribution in [2.75, 3.05) is 5.73 Å². The van der Waals surface area contributed by atoms with Crippen LogP contribution in [0, 0.1) is 6.92 Å². The third-order valence-corrected chi connectivity index (χ3v) is 3.36. The Hall–Kier alpha value is -2.76. The molecule has 0 spiro atoms. The topological polar surface area (TPSA) is 93.4 Å². The van der Waals surface area contributed by atoms with Gasteiger partial charge in [-0.15, -0.1) is 0 Å². The molecule has 0 atom stereocenters. The molecule has 0 unspecified atom stereocenters. The fourth-order valence-corrected chi connectivity index (χ4v) is 2.35. The SMILES string of the molecule is CCc1nnc(C)cc1-c1[nH]nc(N)c1-c1ccncc1. The summed E-state index contributed by atoms with van der Waals surface area (Å²) in [6.45, 7) is 3.97. The van der Waals surface area contributed by atoms with Crippen molar-refractivity contribution in [3.8, 4) is 22.4 Å². The molecule has 3 heterocycles. The standard InChI is InChI=1S/C15H16N6/c1-3-12-11(8-9(2)18-19-12)14-13(15(16)21-20-14)10-4-6-17-7-5-10/h4-8H,3H2,1-2H3,(H3,16,20,21). The quantitative estimate of drug-likeness (QED) is 0.768. The fraction of sp³-hybridized carbons (Fsp3) is 0.200. The second-order valence-electron chi connectivity index (χ2n) is 4.79. The van der Waals surface area contributed by atoms with Gasteiger partial charge in [-0.2, -0.15) is 15.3 Å². The Balaban J connectivity index is 2.24. The Morgan fingerprint density at radius 1 is 1.19 bits per heavy atom. The maximum atomic E-state index is 6.04. The third-order valence-electron chi connectivity index (χ3n) is 3.36. The zero-order chi connectivity index (χ0) is 14.8. The molecule has 0 radical (unpaired) electrons. The van der Waals surface area contributed by atoms with Gasteiger partial charge in [-0.25, -0.2) is 0 Å². The number of aromatic nitrogens is 5. The van der Waals surface area contributed by atoms with E-state index in [0.717, 1.165) is 40.2 Å². The van der Waals surface area contributed by atoms with Crippen LogP contribution in [-0.2, 0) is 6.42 Å². The molecule has 3 aromatic rings. The van der Waals surface area contributed by atoms with Crippen molar-refractivity contribution in [3.63, 3.8) is 0 Å². The highest BCUT2D eigenvalue weighted by Gasteiger charge is 2.18. The van der Waals surface area contributed by atoms with Crippen LogP contribution in [0.25, 0.3) is 22.4 Å². The third kappa shape index (κ3) is 2.35. The molecule has 0 fully saturated rings. The van der Waals surface area contributed by atoms with Gasteiger partial charge < -0.3 is 5.73 Å². The second kappa shape index (κ2) is 5.32. The zero-order valence-electron chi connectivity index (χ0n) is 12.0. The van der Waals surface area contributed by atoms with Crippen molar-refractivity contribution in [2.45, 2.75) is 20.3 Å². The minimum absolute atomic E-state index is 0.465. The molecule has 0 aliphatic rings. The normalized spacial score (nSPS) is 10.8. The van der Waals surface area contributed by atoms with Crippen LogP contribution in [0.5, 0.6) is 0 Å². The van der Waals surface area contributed by atoms with Gasteiger partial charge in [-0.3, -0.25) is 10.1 Å². The molecule has 0 saturated heterocycles. The smallest absolute Gasteiger partial charge is 0.153 e. The van der Waals surface area contributed by atoms with E-state index in [9.17, 15) is 0 Å². The number of H-pyrrole nitrogens is 1. The van der Waals surface area contributed by atoms with Crippen molar-refractivity contribution < 1.29 is 0 Å². The lowest BCUT2D eigenvalue weighted by Gasteiger charge is -2.08. The molecule has 3 aromatic heterocycles. The minimum Gasteiger partial charge on any atom is -0.382 e. The van der Waals surface area contributed by atoms with Crippen LogP contribution in [-0.4, -0.2) is 25.4 Å². The highest BCUT2D eigenvalue weighted by atomic mass is 15.2. The summed E-state index contributed by atoms with van der Waals surface area (Å²) in [4.78, 5) is 4.04. The molecule has 6 heteroatoms. The molecule has 0 bridgehead atoms. The number of nitrogen functional groups attached to an aromatic ring is 1. The monoisotopic (exact) mass is 280 g/mol.